The van der Waals surface area contributed by atoms with Crippen LogP contribution in [-0.2, 0) is 0 Å². The van der Waals surface area contributed by atoms with Crippen LogP contribution in [0.3, 0.4) is 0 Å². The van der Waals surface area contributed by atoms with Crippen molar-refractivity contribution in [3.63, 3.8) is 0 Å². The molecule has 1 aromatic carbocycles. The predicted molar refractivity (Wildman–Crippen MR) is 93.7 cm³/mol. The summed E-state index contributed by atoms with van der Waals surface area (Å²) in [6, 6.07) is 6.77. The van der Waals surface area contributed by atoms with E-state index in [2.05, 4.69) is 20.6 Å². The van der Waals surface area contributed by atoms with Crippen molar-refractivity contribution in [2.45, 2.75) is 20.8 Å². The van der Waals surface area contributed by atoms with Gasteiger partial charge in [0.05, 0.1) is 10.0 Å². The first-order valence-corrected chi connectivity index (χ1v) is 7.96. The Balaban J connectivity index is 2.19. The average molecular weight is 353 g/mol. The number of nitrogens with zero attached hydrogens (tertiary/aromatic N) is 2. The van der Waals surface area contributed by atoms with Crippen LogP contribution in [0.2, 0.25) is 10.0 Å². The third-order valence-corrected chi connectivity index (χ3v) is 3.67. The van der Waals surface area contributed by atoms with Crippen LogP contribution in [0.1, 0.15) is 30.2 Å². The van der Waals surface area contributed by atoms with Crippen LogP contribution in [0.5, 0.6) is 0 Å². The van der Waals surface area contributed by atoms with Gasteiger partial charge in [0.2, 0.25) is 0 Å². The van der Waals surface area contributed by atoms with Gasteiger partial charge in [-0.15, -0.1) is 0 Å². The molecule has 0 aliphatic heterocycles. The molecule has 122 valence electrons. The smallest absolute Gasteiger partial charge is 0.270 e. The van der Waals surface area contributed by atoms with E-state index in [4.69, 9.17) is 23.2 Å². The van der Waals surface area contributed by atoms with E-state index < -0.39 is 0 Å². The lowest BCUT2D eigenvalue weighted by Crippen LogP contribution is -2.28. The molecule has 0 bridgehead atoms. The van der Waals surface area contributed by atoms with Gasteiger partial charge in [-0.3, -0.25) is 4.79 Å². The zero-order valence-corrected chi connectivity index (χ0v) is 14.7. The highest BCUT2D eigenvalue weighted by molar-refractivity contribution is 6.42. The van der Waals surface area contributed by atoms with Gasteiger partial charge in [-0.25, -0.2) is 9.97 Å². The summed E-state index contributed by atoms with van der Waals surface area (Å²) in [5, 5.41) is 6.86. The fraction of sp³-hybridized carbons (Fsp3) is 0.312. The van der Waals surface area contributed by atoms with Crippen molar-refractivity contribution in [3.8, 4) is 0 Å². The SMILES string of the molecule is Cc1nc(Nc2ccc(Cl)c(Cl)c2)cc(C(=O)NCC(C)C)n1. The van der Waals surface area contributed by atoms with E-state index in [1.165, 1.54) is 0 Å². The Morgan fingerprint density at radius 1 is 1.17 bits per heavy atom. The molecule has 2 N–H and O–H groups in total. The van der Waals surface area contributed by atoms with Crippen molar-refractivity contribution >= 4 is 40.6 Å². The molecule has 1 heterocycles. The van der Waals surface area contributed by atoms with E-state index in [1.54, 1.807) is 31.2 Å². The summed E-state index contributed by atoms with van der Waals surface area (Å²) in [7, 11) is 0. The molecule has 7 heteroatoms. The maximum atomic E-state index is 12.1. The number of aromatic nitrogens is 2. The molecule has 23 heavy (non-hydrogen) atoms. The van der Waals surface area contributed by atoms with E-state index in [0.29, 0.717) is 39.8 Å². The predicted octanol–water partition coefficient (Wildman–Crippen LogP) is 4.22. The lowest BCUT2D eigenvalue weighted by molar-refractivity contribution is 0.0943. The zero-order chi connectivity index (χ0) is 17.0. The number of benzene rings is 1. The maximum absolute atomic E-state index is 12.1. The topological polar surface area (TPSA) is 66.9 Å². The molecule has 0 aliphatic rings. The summed E-state index contributed by atoms with van der Waals surface area (Å²) in [5.41, 5.74) is 1.05. The van der Waals surface area contributed by atoms with Gasteiger partial charge in [0, 0.05) is 18.3 Å². The third kappa shape index (κ3) is 5.08. The number of amides is 1. The minimum Gasteiger partial charge on any atom is -0.350 e. The fourth-order valence-corrected chi connectivity index (χ4v) is 2.16. The number of carbonyl (C=O) groups is 1. The van der Waals surface area contributed by atoms with Crippen molar-refractivity contribution in [2.24, 2.45) is 5.92 Å². The molecule has 1 amide bonds. The number of hydrogen-bond acceptors (Lipinski definition) is 4. The largest absolute Gasteiger partial charge is 0.350 e. The highest BCUT2D eigenvalue weighted by Crippen LogP contribution is 2.26. The molecule has 0 saturated heterocycles. The first-order valence-electron chi connectivity index (χ1n) is 7.21. The molecule has 0 unspecified atom stereocenters. The van der Waals surface area contributed by atoms with Gasteiger partial charge >= 0.3 is 0 Å². The standard InChI is InChI=1S/C16H18Cl2N4O/c1-9(2)8-19-16(23)14-7-15(21-10(3)20-14)22-11-4-5-12(17)13(18)6-11/h4-7,9H,8H2,1-3H3,(H,19,23)(H,20,21,22). The van der Waals surface area contributed by atoms with Crippen LogP contribution >= 0.6 is 23.2 Å². The fourth-order valence-electron chi connectivity index (χ4n) is 1.86. The zero-order valence-electron chi connectivity index (χ0n) is 13.2. The number of carbonyl (C=O) groups excluding carboxylic acids is 1. The Morgan fingerprint density at radius 2 is 1.91 bits per heavy atom. The van der Waals surface area contributed by atoms with E-state index >= 15 is 0 Å². The molecule has 0 radical (unpaired) electrons. The number of nitrogens with one attached hydrogen (secondary N) is 2. The van der Waals surface area contributed by atoms with Crippen LogP contribution in [0, 0.1) is 12.8 Å². The van der Waals surface area contributed by atoms with Crippen molar-refractivity contribution in [1.29, 1.82) is 0 Å². The van der Waals surface area contributed by atoms with Gasteiger partial charge < -0.3 is 10.6 Å². The normalized spacial score (nSPS) is 10.7. The lowest BCUT2D eigenvalue weighted by Gasteiger charge is -2.10. The maximum Gasteiger partial charge on any atom is 0.270 e. The monoisotopic (exact) mass is 352 g/mol. The first-order chi connectivity index (χ1) is 10.8. The van der Waals surface area contributed by atoms with Gasteiger partial charge in [-0.2, -0.15) is 0 Å². The number of halogens is 2. The van der Waals surface area contributed by atoms with E-state index in [1.807, 2.05) is 13.8 Å². The van der Waals surface area contributed by atoms with E-state index in [9.17, 15) is 4.79 Å². The average Bonchev–Trinajstić information content (AvgIpc) is 2.48. The van der Waals surface area contributed by atoms with Crippen molar-refractivity contribution in [2.75, 3.05) is 11.9 Å². The first kappa shape index (κ1) is 17.5. The van der Waals surface area contributed by atoms with Crippen LogP contribution in [0.15, 0.2) is 24.3 Å². The van der Waals surface area contributed by atoms with Crippen LogP contribution in [0.4, 0.5) is 11.5 Å². The molecular formula is C16H18Cl2N4O. The highest BCUT2D eigenvalue weighted by atomic mass is 35.5. The third-order valence-electron chi connectivity index (χ3n) is 2.93. The molecule has 5 nitrogen and oxygen atoms in total. The summed E-state index contributed by atoms with van der Waals surface area (Å²) in [6.45, 7) is 6.39. The number of aryl methyl sites for hydroxylation is 1. The van der Waals surface area contributed by atoms with Crippen LogP contribution in [0.25, 0.3) is 0 Å². The van der Waals surface area contributed by atoms with Crippen molar-refractivity contribution < 1.29 is 4.79 Å². The van der Waals surface area contributed by atoms with Gasteiger partial charge in [-0.1, -0.05) is 37.0 Å². The minimum absolute atomic E-state index is 0.221. The van der Waals surface area contributed by atoms with Crippen LogP contribution < -0.4 is 10.6 Å². The van der Waals surface area contributed by atoms with Crippen molar-refractivity contribution in [3.05, 3.63) is 45.8 Å². The van der Waals surface area contributed by atoms with E-state index in [0.717, 1.165) is 5.69 Å². The molecule has 1 aromatic heterocycles. The summed E-state index contributed by atoms with van der Waals surface area (Å²) < 4.78 is 0. The molecule has 0 saturated carbocycles. The van der Waals surface area contributed by atoms with Gasteiger partial charge in [0.25, 0.3) is 5.91 Å². The Bertz CT molecular complexity index is 719. The van der Waals surface area contributed by atoms with Gasteiger partial charge in [0.15, 0.2) is 0 Å². The summed E-state index contributed by atoms with van der Waals surface area (Å²) >= 11 is 11.9. The Kier molecular flexibility index (Phi) is 5.80. The minimum atomic E-state index is -0.221. The number of rotatable bonds is 5. The lowest BCUT2D eigenvalue weighted by atomic mass is 10.2. The number of hydrogen-bond donors (Lipinski definition) is 2. The quantitative estimate of drug-likeness (QED) is 0.845. The van der Waals surface area contributed by atoms with Crippen LogP contribution in [-0.4, -0.2) is 22.4 Å². The van der Waals surface area contributed by atoms with E-state index in [-0.39, 0.29) is 5.91 Å². The molecule has 0 spiro atoms. The Morgan fingerprint density at radius 3 is 2.57 bits per heavy atom. The van der Waals surface area contributed by atoms with Gasteiger partial charge in [-0.05, 0) is 31.0 Å². The Labute approximate surface area is 145 Å². The molecular weight excluding hydrogens is 335 g/mol. The second-order valence-electron chi connectivity index (χ2n) is 5.54. The van der Waals surface area contributed by atoms with Crippen molar-refractivity contribution in [1.82, 2.24) is 15.3 Å². The second-order valence-corrected chi connectivity index (χ2v) is 6.36. The number of anilines is 2. The van der Waals surface area contributed by atoms with Gasteiger partial charge in [0.1, 0.15) is 17.3 Å². The Hall–Kier alpha value is -1.85. The highest BCUT2D eigenvalue weighted by Gasteiger charge is 2.11. The second kappa shape index (κ2) is 7.62. The molecule has 2 rings (SSSR count). The molecule has 0 atom stereocenters. The molecule has 2 aromatic rings. The molecule has 0 aliphatic carbocycles. The summed E-state index contributed by atoms with van der Waals surface area (Å²) in [5.74, 6) is 1.17. The summed E-state index contributed by atoms with van der Waals surface area (Å²) in [6.07, 6.45) is 0. The summed E-state index contributed by atoms with van der Waals surface area (Å²) in [4.78, 5) is 20.6. The molecule has 0 fully saturated rings.